The normalized spacial score (nSPS) is 14.0. The lowest BCUT2D eigenvalue weighted by molar-refractivity contribution is -0.284. The van der Waals surface area contributed by atoms with Crippen LogP contribution in [0.1, 0.15) is 83.1 Å². The Morgan fingerprint density at radius 1 is 0.943 bits per heavy atom. The van der Waals surface area contributed by atoms with Gasteiger partial charge in [0.25, 0.3) is 0 Å². The molecule has 0 saturated heterocycles. The predicted molar refractivity (Wildman–Crippen MR) is 133 cm³/mol. The fourth-order valence-corrected chi connectivity index (χ4v) is 4.82. The van der Waals surface area contributed by atoms with Crippen molar-refractivity contribution in [3.05, 3.63) is 23.8 Å². The minimum atomic E-state index is -5.54. The molecule has 0 aliphatic carbocycles. The summed E-state index contributed by atoms with van der Waals surface area (Å²) in [5, 5.41) is 2.93. The van der Waals surface area contributed by atoms with Crippen molar-refractivity contribution in [2.45, 2.75) is 96.6 Å². The lowest BCUT2D eigenvalue weighted by Crippen LogP contribution is -2.36. The van der Waals surface area contributed by atoms with E-state index < -0.39 is 35.7 Å². The van der Waals surface area contributed by atoms with Gasteiger partial charge in [0.15, 0.2) is 0 Å². The highest BCUT2D eigenvalue weighted by molar-refractivity contribution is 7.84. The maximum atomic E-state index is 12.8. The number of alkyl halides is 5. The minimum Gasteiger partial charge on any atom is -0.399 e. The number of nitrogens with two attached hydrogens (primary N) is 1. The minimum absolute atomic E-state index is 0.000577. The van der Waals surface area contributed by atoms with Gasteiger partial charge in [0, 0.05) is 46.0 Å². The third-order valence-corrected chi connectivity index (χ3v) is 7.51. The second-order valence-electron chi connectivity index (χ2n) is 9.23. The quantitative estimate of drug-likeness (QED) is 0.126. The van der Waals surface area contributed by atoms with E-state index in [4.69, 9.17) is 5.73 Å². The number of anilines is 2. The van der Waals surface area contributed by atoms with Gasteiger partial charge < -0.3 is 11.1 Å². The summed E-state index contributed by atoms with van der Waals surface area (Å²) in [5.74, 6) is -4.57. The van der Waals surface area contributed by atoms with Crippen LogP contribution in [0, 0.1) is 12.8 Å². The van der Waals surface area contributed by atoms with Crippen molar-refractivity contribution >= 4 is 28.1 Å². The van der Waals surface area contributed by atoms with Crippen LogP contribution in [0.5, 0.6) is 0 Å². The highest BCUT2D eigenvalue weighted by Gasteiger charge is 2.56. The van der Waals surface area contributed by atoms with E-state index in [-0.39, 0.29) is 17.6 Å². The maximum Gasteiger partial charge on any atom is 0.453 e. The average molecular weight is 527 g/mol. The zero-order valence-electron chi connectivity index (χ0n) is 20.7. The second-order valence-corrected chi connectivity index (χ2v) is 10.9. The first-order valence-electron chi connectivity index (χ1n) is 12.3. The van der Waals surface area contributed by atoms with Gasteiger partial charge in [0.2, 0.25) is 5.91 Å². The van der Waals surface area contributed by atoms with Crippen molar-refractivity contribution < 1.29 is 31.0 Å². The summed E-state index contributed by atoms with van der Waals surface area (Å²) >= 11 is 0. The molecule has 4 nitrogen and oxygen atoms in total. The first kappa shape index (κ1) is 31.3. The van der Waals surface area contributed by atoms with Crippen LogP contribution >= 0.6 is 0 Å². The van der Waals surface area contributed by atoms with E-state index in [0.717, 1.165) is 62.6 Å². The number of benzene rings is 1. The van der Waals surface area contributed by atoms with Gasteiger partial charge >= 0.3 is 12.1 Å². The molecule has 0 aromatic heterocycles. The molecule has 1 aromatic carbocycles. The number of unbranched alkanes of at least 4 members (excludes halogenated alkanes) is 7. The standard InChI is InChI=1S/C25H39F5N2O2S/c1-19(23(33)32-21-13-14-22(31)20(2)18-21)12-9-7-5-3-4-6-8-10-16-35(34)17-11-15-24(26,27)25(28,29)30/h13-14,18-19H,3-12,15-17,31H2,1-2H3,(H,32,33). The lowest BCUT2D eigenvalue weighted by Gasteiger charge is -2.19. The molecule has 0 saturated carbocycles. The van der Waals surface area contributed by atoms with E-state index in [2.05, 4.69) is 5.32 Å². The van der Waals surface area contributed by atoms with Crippen molar-refractivity contribution in [1.82, 2.24) is 0 Å². The van der Waals surface area contributed by atoms with Crippen LogP contribution in [0.15, 0.2) is 18.2 Å². The van der Waals surface area contributed by atoms with E-state index in [9.17, 15) is 31.0 Å². The molecule has 202 valence electrons. The van der Waals surface area contributed by atoms with Crippen LogP contribution in [-0.4, -0.2) is 33.7 Å². The fraction of sp³-hybridized carbons (Fsp3) is 0.720. The lowest BCUT2D eigenvalue weighted by atomic mass is 10.0. The molecule has 0 radical (unpaired) electrons. The summed E-state index contributed by atoms with van der Waals surface area (Å²) in [7, 11) is -1.36. The summed E-state index contributed by atoms with van der Waals surface area (Å²) in [5.41, 5.74) is 8.17. The van der Waals surface area contributed by atoms with E-state index in [0.29, 0.717) is 17.9 Å². The number of carbonyl (C=O) groups excluding carboxylic acids is 1. The van der Waals surface area contributed by atoms with Gasteiger partial charge in [-0.3, -0.25) is 9.00 Å². The third kappa shape index (κ3) is 12.7. The van der Waals surface area contributed by atoms with E-state index in [1.807, 2.05) is 19.9 Å². The fourth-order valence-electron chi connectivity index (χ4n) is 3.62. The van der Waals surface area contributed by atoms with Gasteiger partial charge in [-0.05, 0) is 49.9 Å². The van der Waals surface area contributed by atoms with E-state index >= 15 is 0 Å². The van der Waals surface area contributed by atoms with Gasteiger partial charge in [-0.15, -0.1) is 0 Å². The monoisotopic (exact) mass is 526 g/mol. The summed E-state index contributed by atoms with van der Waals surface area (Å²) in [6.07, 6.45) is 1.29. The maximum absolute atomic E-state index is 12.8. The summed E-state index contributed by atoms with van der Waals surface area (Å²) < 4.78 is 73.7. The summed E-state index contributed by atoms with van der Waals surface area (Å²) in [6, 6.07) is 5.43. The predicted octanol–water partition coefficient (Wildman–Crippen LogP) is 7.39. The number of aryl methyl sites for hydroxylation is 1. The molecule has 35 heavy (non-hydrogen) atoms. The molecule has 1 rings (SSSR count). The molecule has 0 aliphatic heterocycles. The first-order valence-corrected chi connectivity index (χ1v) is 13.8. The number of halogens is 5. The molecule has 0 spiro atoms. The Labute approximate surface area is 208 Å². The number of nitrogen functional groups attached to an aromatic ring is 1. The van der Waals surface area contributed by atoms with E-state index in [1.165, 1.54) is 0 Å². The van der Waals surface area contributed by atoms with E-state index in [1.54, 1.807) is 12.1 Å². The third-order valence-electron chi connectivity index (χ3n) is 6.02. The molecule has 1 amide bonds. The smallest absolute Gasteiger partial charge is 0.399 e. The Morgan fingerprint density at radius 2 is 1.49 bits per heavy atom. The van der Waals surface area contributed by atoms with Crippen molar-refractivity contribution in [1.29, 1.82) is 0 Å². The van der Waals surface area contributed by atoms with Crippen LogP contribution in [0.2, 0.25) is 0 Å². The molecular weight excluding hydrogens is 487 g/mol. The number of hydrogen-bond donors (Lipinski definition) is 2. The zero-order chi connectivity index (χ0) is 26.5. The Bertz CT molecular complexity index is 803. The zero-order valence-corrected chi connectivity index (χ0v) is 21.5. The molecular formula is C25H39F5N2O2S. The number of hydrogen-bond acceptors (Lipinski definition) is 3. The highest BCUT2D eigenvalue weighted by atomic mass is 32.2. The Kier molecular flexibility index (Phi) is 13.8. The summed E-state index contributed by atoms with van der Waals surface area (Å²) in [6.45, 7) is 3.82. The van der Waals surface area contributed by atoms with Crippen molar-refractivity contribution in [3.8, 4) is 0 Å². The molecule has 0 fully saturated rings. The highest BCUT2D eigenvalue weighted by Crippen LogP contribution is 2.38. The molecule has 0 bridgehead atoms. The van der Waals surface area contributed by atoms with Crippen LogP contribution in [0.25, 0.3) is 0 Å². The average Bonchev–Trinajstić information content (AvgIpc) is 2.76. The molecule has 0 heterocycles. The molecule has 3 N–H and O–H groups in total. The van der Waals surface area contributed by atoms with Gasteiger partial charge in [-0.1, -0.05) is 51.9 Å². The Morgan fingerprint density at radius 3 is 2.06 bits per heavy atom. The first-order chi connectivity index (χ1) is 16.3. The molecule has 2 atom stereocenters. The van der Waals surface area contributed by atoms with Gasteiger partial charge in [-0.2, -0.15) is 22.0 Å². The largest absolute Gasteiger partial charge is 0.453 e. The Hall–Kier alpha value is -1.71. The van der Waals surface area contributed by atoms with Gasteiger partial charge in [0.05, 0.1) is 0 Å². The molecule has 0 aliphatic rings. The van der Waals surface area contributed by atoms with Gasteiger partial charge in [0.1, 0.15) is 0 Å². The SMILES string of the molecule is Cc1cc(NC(=O)C(C)CCCCCCCCCCS(=O)CCCC(F)(F)C(F)(F)F)ccc1N. The number of carbonyl (C=O) groups is 1. The van der Waals surface area contributed by atoms with Crippen molar-refractivity contribution in [3.63, 3.8) is 0 Å². The van der Waals surface area contributed by atoms with Crippen LogP contribution < -0.4 is 11.1 Å². The van der Waals surface area contributed by atoms with Crippen molar-refractivity contribution in [2.75, 3.05) is 22.6 Å². The number of amides is 1. The molecule has 10 heteroatoms. The van der Waals surface area contributed by atoms with Gasteiger partial charge in [-0.25, -0.2) is 0 Å². The van der Waals surface area contributed by atoms with Crippen molar-refractivity contribution in [2.24, 2.45) is 5.92 Å². The molecule has 1 aromatic rings. The number of nitrogens with one attached hydrogen (secondary N) is 1. The summed E-state index contributed by atoms with van der Waals surface area (Å²) in [4.78, 5) is 12.3. The Balaban J connectivity index is 2.00. The topological polar surface area (TPSA) is 72.2 Å². The van der Waals surface area contributed by atoms with Crippen LogP contribution in [0.3, 0.4) is 0 Å². The molecule has 2 unspecified atom stereocenters. The van der Waals surface area contributed by atoms with Crippen LogP contribution in [0.4, 0.5) is 33.3 Å². The van der Waals surface area contributed by atoms with Crippen LogP contribution in [-0.2, 0) is 15.6 Å². The second kappa shape index (κ2) is 15.4. The number of rotatable bonds is 17.